The van der Waals surface area contributed by atoms with Gasteiger partial charge in [0.05, 0.1) is 6.04 Å². The Balaban J connectivity index is 3.12. The number of aliphatic imine (C=N–C) groups is 1. The predicted molar refractivity (Wildman–Crippen MR) is 149 cm³/mol. The Morgan fingerprint density at radius 3 is 1.90 bits per heavy atom. The highest BCUT2D eigenvalue weighted by Crippen LogP contribution is 2.12. The van der Waals surface area contributed by atoms with Gasteiger partial charge in [0, 0.05) is 19.4 Å². The van der Waals surface area contributed by atoms with E-state index in [1.54, 1.807) is 0 Å². The van der Waals surface area contributed by atoms with Crippen LogP contribution in [0.15, 0.2) is 29.3 Å². The number of benzene rings is 1. The van der Waals surface area contributed by atoms with E-state index in [0.717, 1.165) is 0 Å². The first-order chi connectivity index (χ1) is 19.2. The summed E-state index contributed by atoms with van der Waals surface area (Å²) in [6.45, 7) is 3.83. The molecular weight excluding hydrogens is 538 g/mol. The van der Waals surface area contributed by atoms with Gasteiger partial charge in [-0.05, 0) is 49.3 Å². The standard InChI is InChI=1S/C26H41N7O8/c1-14(2)12-17(27)22(37)31-19(9-10-21(35)36)24(39)32-18(4-3-11-30-26(28)29)23(38)33-20(25(40)41)13-15-5-7-16(34)8-6-15/h5-8,14,17-20,34H,3-4,9-13,27H2,1-2H3,(H,31,37)(H,32,39)(H,33,38)(H,35,36)(H,40,41)(H4,28,29,30). The molecule has 228 valence electrons. The van der Waals surface area contributed by atoms with Gasteiger partial charge >= 0.3 is 11.9 Å². The van der Waals surface area contributed by atoms with Crippen LogP contribution in [0.3, 0.4) is 0 Å². The van der Waals surface area contributed by atoms with Crippen LogP contribution in [-0.4, -0.2) is 81.7 Å². The van der Waals surface area contributed by atoms with E-state index in [2.05, 4.69) is 20.9 Å². The van der Waals surface area contributed by atoms with Crippen LogP contribution in [0, 0.1) is 5.92 Å². The summed E-state index contributed by atoms with van der Waals surface area (Å²) in [6, 6.07) is 0.856. The van der Waals surface area contributed by atoms with Gasteiger partial charge in [-0.25, -0.2) is 4.79 Å². The zero-order chi connectivity index (χ0) is 31.1. The molecule has 0 fully saturated rings. The molecule has 15 heteroatoms. The Kier molecular flexibility index (Phi) is 14.6. The van der Waals surface area contributed by atoms with E-state index in [9.17, 15) is 34.2 Å². The molecule has 1 aromatic rings. The molecule has 0 aliphatic heterocycles. The molecule has 0 heterocycles. The molecule has 1 rings (SSSR count). The number of carboxylic acid groups (broad SMARTS) is 2. The van der Waals surface area contributed by atoms with Crippen LogP contribution in [0.5, 0.6) is 5.75 Å². The Hall–Kier alpha value is -4.40. The molecule has 0 radical (unpaired) electrons. The highest BCUT2D eigenvalue weighted by molar-refractivity contribution is 5.94. The maximum atomic E-state index is 13.2. The minimum absolute atomic E-state index is 0.00758. The smallest absolute Gasteiger partial charge is 0.326 e. The fourth-order valence-corrected chi connectivity index (χ4v) is 3.82. The van der Waals surface area contributed by atoms with Crippen LogP contribution >= 0.6 is 0 Å². The average Bonchev–Trinajstić information content (AvgIpc) is 2.87. The number of phenolic OH excluding ortho intramolecular Hbond substituents is 1. The third-order valence-corrected chi connectivity index (χ3v) is 5.91. The number of guanidine groups is 1. The average molecular weight is 580 g/mol. The number of aliphatic carboxylic acids is 2. The third kappa shape index (κ3) is 14.0. The summed E-state index contributed by atoms with van der Waals surface area (Å²) < 4.78 is 0. The number of carbonyl (C=O) groups is 5. The summed E-state index contributed by atoms with van der Waals surface area (Å²) in [5, 5.41) is 35.6. The molecule has 41 heavy (non-hydrogen) atoms. The van der Waals surface area contributed by atoms with Crippen molar-refractivity contribution in [2.24, 2.45) is 28.1 Å². The van der Waals surface area contributed by atoms with Gasteiger partial charge in [0.1, 0.15) is 23.9 Å². The fourth-order valence-electron chi connectivity index (χ4n) is 3.82. The van der Waals surface area contributed by atoms with E-state index in [-0.39, 0.29) is 49.9 Å². The van der Waals surface area contributed by atoms with Crippen LogP contribution < -0.4 is 33.2 Å². The lowest BCUT2D eigenvalue weighted by Gasteiger charge is -2.25. The fraction of sp³-hybridized carbons (Fsp3) is 0.538. The van der Waals surface area contributed by atoms with Gasteiger partial charge in [-0.3, -0.25) is 24.2 Å². The van der Waals surface area contributed by atoms with Crippen molar-refractivity contribution >= 4 is 35.6 Å². The predicted octanol–water partition coefficient (Wildman–Crippen LogP) is -1.23. The number of amides is 3. The molecule has 0 aliphatic carbocycles. The number of nitrogens with zero attached hydrogens (tertiary/aromatic N) is 1. The van der Waals surface area contributed by atoms with Crippen molar-refractivity contribution in [2.45, 2.75) is 76.5 Å². The molecule has 0 spiro atoms. The number of nitrogens with two attached hydrogens (primary N) is 3. The second-order valence-electron chi connectivity index (χ2n) is 10.0. The van der Waals surface area contributed by atoms with Crippen molar-refractivity contribution in [3.63, 3.8) is 0 Å². The summed E-state index contributed by atoms with van der Waals surface area (Å²) in [7, 11) is 0. The minimum Gasteiger partial charge on any atom is -0.508 e. The number of nitrogens with one attached hydrogen (secondary N) is 3. The van der Waals surface area contributed by atoms with E-state index in [0.29, 0.717) is 12.0 Å². The van der Waals surface area contributed by atoms with Gasteiger partial charge in [0.25, 0.3) is 0 Å². The SMILES string of the molecule is CC(C)CC(N)C(=O)NC(CCC(=O)O)C(=O)NC(CCCN=C(N)N)C(=O)NC(Cc1ccc(O)cc1)C(=O)O. The minimum atomic E-state index is -1.37. The lowest BCUT2D eigenvalue weighted by Crippen LogP contribution is -2.57. The molecule has 0 saturated carbocycles. The molecule has 0 saturated heterocycles. The molecule has 0 aromatic heterocycles. The second kappa shape index (κ2) is 17.3. The molecule has 3 amide bonds. The summed E-state index contributed by atoms with van der Waals surface area (Å²) in [5.74, 6) is -4.96. The largest absolute Gasteiger partial charge is 0.508 e. The Morgan fingerprint density at radius 2 is 1.39 bits per heavy atom. The van der Waals surface area contributed by atoms with Gasteiger partial charge in [0.15, 0.2) is 5.96 Å². The van der Waals surface area contributed by atoms with Crippen molar-refractivity contribution in [1.82, 2.24) is 16.0 Å². The van der Waals surface area contributed by atoms with E-state index < -0.39 is 60.2 Å². The van der Waals surface area contributed by atoms with Gasteiger partial charge in [-0.15, -0.1) is 0 Å². The molecule has 1 aromatic carbocycles. The number of rotatable bonds is 18. The van der Waals surface area contributed by atoms with Crippen LogP contribution in [0.1, 0.15) is 51.5 Å². The van der Waals surface area contributed by atoms with Gasteiger partial charge in [-0.1, -0.05) is 26.0 Å². The van der Waals surface area contributed by atoms with E-state index in [1.165, 1.54) is 24.3 Å². The highest BCUT2D eigenvalue weighted by Gasteiger charge is 2.30. The maximum absolute atomic E-state index is 13.2. The van der Waals surface area contributed by atoms with E-state index in [4.69, 9.17) is 22.3 Å². The molecule has 4 atom stereocenters. The van der Waals surface area contributed by atoms with Crippen molar-refractivity contribution in [3.8, 4) is 5.75 Å². The molecule has 12 N–H and O–H groups in total. The summed E-state index contributed by atoms with van der Waals surface area (Å²) in [5.41, 5.74) is 17.1. The first kappa shape index (κ1) is 34.6. The monoisotopic (exact) mass is 579 g/mol. The molecular formula is C26H41N7O8. The first-order valence-electron chi connectivity index (χ1n) is 13.1. The quantitative estimate of drug-likeness (QED) is 0.0564. The number of hydrogen-bond acceptors (Lipinski definition) is 8. The number of aromatic hydroxyl groups is 1. The molecule has 15 nitrogen and oxygen atoms in total. The lowest BCUT2D eigenvalue weighted by molar-refractivity contribution is -0.142. The Labute approximate surface area is 237 Å². The van der Waals surface area contributed by atoms with E-state index in [1.807, 2.05) is 13.8 Å². The van der Waals surface area contributed by atoms with Crippen molar-refractivity contribution in [1.29, 1.82) is 0 Å². The van der Waals surface area contributed by atoms with Crippen LogP contribution in [-0.2, 0) is 30.4 Å². The zero-order valence-corrected chi connectivity index (χ0v) is 23.2. The van der Waals surface area contributed by atoms with Gasteiger partial charge < -0.3 is 48.5 Å². The van der Waals surface area contributed by atoms with Crippen molar-refractivity contribution in [2.75, 3.05) is 6.54 Å². The van der Waals surface area contributed by atoms with Crippen molar-refractivity contribution < 1.29 is 39.3 Å². The summed E-state index contributed by atoms with van der Waals surface area (Å²) in [6.07, 6.45) is -0.299. The number of carbonyl (C=O) groups excluding carboxylic acids is 3. The highest BCUT2D eigenvalue weighted by atomic mass is 16.4. The second-order valence-corrected chi connectivity index (χ2v) is 10.0. The van der Waals surface area contributed by atoms with Crippen molar-refractivity contribution in [3.05, 3.63) is 29.8 Å². The molecule has 0 bridgehead atoms. The number of phenols is 1. The number of carboxylic acids is 2. The molecule has 0 aliphatic rings. The Morgan fingerprint density at radius 1 is 0.854 bits per heavy atom. The third-order valence-electron chi connectivity index (χ3n) is 5.91. The maximum Gasteiger partial charge on any atom is 0.326 e. The lowest BCUT2D eigenvalue weighted by atomic mass is 10.0. The van der Waals surface area contributed by atoms with E-state index >= 15 is 0 Å². The topological polar surface area (TPSA) is 273 Å². The summed E-state index contributed by atoms with van der Waals surface area (Å²) in [4.78, 5) is 65.9. The van der Waals surface area contributed by atoms with Crippen LogP contribution in [0.2, 0.25) is 0 Å². The van der Waals surface area contributed by atoms with Gasteiger partial charge in [-0.2, -0.15) is 0 Å². The first-order valence-corrected chi connectivity index (χ1v) is 13.1. The van der Waals surface area contributed by atoms with Crippen LogP contribution in [0.4, 0.5) is 0 Å². The normalized spacial score (nSPS) is 13.8. The number of hydrogen-bond donors (Lipinski definition) is 9. The Bertz CT molecular complexity index is 1070. The zero-order valence-electron chi connectivity index (χ0n) is 23.2. The van der Waals surface area contributed by atoms with Gasteiger partial charge in [0.2, 0.25) is 17.7 Å². The molecule has 4 unspecified atom stereocenters. The van der Waals surface area contributed by atoms with Crippen LogP contribution in [0.25, 0.3) is 0 Å². The summed E-state index contributed by atoms with van der Waals surface area (Å²) >= 11 is 0.